The Morgan fingerprint density at radius 1 is 1.14 bits per heavy atom. The average Bonchev–Trinajstić information content (AvgIpc) is 3.64. The summed E-state index contributed by atoms with van der Waals surface area (Å²) >= 11 is 12.6. The lowest BCUT2D eigenvalue weighted by atomic mass is 10.0. The van der Waals surface area contributed by atoms with Crippen LogP contribution < -0.4 is 20.9 Å². The van der Waals surface area contributed by atoms with E-state index in [4.69, 9.17) is 27.9 Å². The molecule has 6 rings (SSSR count). The van der Waals surface area contributed by atoms with Crippen molar-refractivity contribution in [2.24, 2.45) is 0 Å². The highest BCUT2D eigenvalue weighted by atomic mass is 35.5. The van der Waals surface area contributed by atoms with Gasteiger partial charge in [0.05, 0.1) is 16.6 Å². The first-order valence-electron chi connectivity index (χ1n) is 11.7. The van der Waals surface area contributed by atoms with Crippen molar-refractivity contribution >= 4 is 45.9 Å². The Labute approximate surface area is 222 Å². The number of pyridine rings is 1. The highest BCUT2D eigenvalue weighted by Gasteiger charge is 2.45. The number of rotatable bonds is 2. The van der Waals surface area contributed by atoms with Gasteiger partial charge < -0.3 is 19.9 Å². The van der Waals surface area contributed by atoms with Gasteiger partial charge in [-0.25, -0.2) is 0 Å². The number of nitriles is 1. The Morgan fingerprint density at radius 2 is 1.95 bits per heavy atom. The Hall–Kier alpha value is -3.80. The Bertz CT molecular complexity index is 1550. The predicted octanol–water partition coefficient (Wildman–Crippen LogP) is 3.77. The van der Waals surface area contributed by atoms with E-state index in [9.17, 15) is 19.6 Å². The van der Waals surface area contributed by atoms with E-state index in [0.717, 1.165) is 0 Å². The molecular formula is C27H22Cl2N4O4. The molecule has 1 aromatic heterocycles. The summed E-state index contributed by atoms with van der Waals surface area (Å²) in [4.78, 5) is 40.1. The molecule has 37 heavy (non-hydrogen) atoms. The van der Waals surface area contributed by atoms with Gasteiger partial charge in [-0.3, -0.25) is 14.4 Å². The van der Waals surface area contributed by atoms with E-state index in [0.29, 0.717) is 45.1 Å². The van der Waals surface area contributed by atoms with Crippen molar-refractivity contribution in [3.63, 3.8) is 0 Å². The van der Waals surface area contributed by atoms with Gasteiger partial charge in [0.15, 0.2) is 0 Å². The predicted molar refractivity (Wildman–Crippen MR) is 140 cm³/mol. The van der Waals surface area contributed by atoms with E-state index in [1.165, 1.54) is 10.6 Å². The van der Waals surface area contributed by atoms with Gasteiger partial charge in [0, 0.05) is 23.4 Å². The van der Waals surface area contributed by atoms with Gasteiger partial charge in [0.25, 0.3) is 11.5 Å². The fourth-order valence-corrected chi connectivity index (χ4v) is 4.71. The summed E-state index contributed by atoms with van der Waals surface area (Å²) in [5.41, 5.74) is -0.282. The van der Waals surface area contributed by atoms with Crippen LogP contribution in [0.1, 0.15) is 28.8 Å². The average molecular weight is 537 g/mol. The Balaban J connectivity index is 1.59. The minimum Gasteiger partial charge on any atom is -0.488 e. The van der Waals surface area contributed by atoms with Crippen molar-refractivity contribution < 1.29 is 14.3 Å². The van der Waals surface area contributed by atoms with Crippen LogP contribution in [0.3, 0.4) is 0 Å². The molecule has 2 aliphatic heterocycles. The third-order valence-electron chi connectivity index (χ3n) is 6.47. The number of allylic oxidation sites excluding steroid dienone is 1. The lowest BCUT2D eigenvalue weighted by molar-refractivity contribution is -0.123. The molecule has 0 radical (unpaired) electrons. The molecule has 3 heterocycles. The zero-order valence-electron chi connectivity index (χ0n) is 19.6. The molecular weight excluding hydrogens is 515 g/mol. The number of nitrogens with zero attached hydrogens (tertiary/aromatic N) is 2. The molecule has 2 N–H and O–H groups in total. The number of nitrogens with one attached hydrogen (secondary N) is 2. The number of ether oxygens (including phenoxy) is 1. The van der Waals surface area contributed by atoms with Crippen molar-refractivity contribution in [2.75, 3.05) is 6.61 Å². The van der Waals surface area contributed by atoms with Crippen molar-refractivity contribution in [1.82, 2.24) is 15.2 Å². The summed E-state index contributed by atoms with van der Waals surface area (Å²) in [6.07, 6.45) is 4.69. The van der Waals surface area contributed by atoms with E-state index in [-0.39, 0.29) is 25.1 Å². The van der Waals surface area contributed by atoms with Crippen LogP contribution in [-0.2, 0) is 17.8 Å². The molecule has 0 unspecified atom stereocenters. The summed E-state index contributed by atoms with van der Waals surface area (Å²) in [5, 5.41) is 16.3. The number of carbonyl (C=O) groups is 2. The summed E-state index contributed by atoms with van der Waals surface area (Å²) in [6, 6.07) is 12.7. The van der Waals surface area contributed by atoms with Crippen LogP contribution in [0.2, 0.25) is 10.0 Å². The number of hydrogen-bond donors (Lipinski definition) is 2. The lowest BCUT2D eigenvalue weighted by Gasteiger charge is -2.21. The number of aromatic nitrogens is 1. The van der Waals surface area contributed by atoms with Crippen LogP contribution in [0.15, 0.2) is 59.4 Å². The van der Waals surface area contributed by atoms with Crippen molar-refractivity contribution in [3.05, 3.63) is 86.1 Å². The van der Waals surface area contributed by atoms with Crippen LogP contribution in [0.4, 0.5) is 0 Å². The molecule has 188 valence electrons. The first-order chi connectivity index (χ1) is 17.8. The summed E-state index contributed by atoms with van der Waals surface area (Å²) in [6.45, 7) is 0.405. The maximum absolute atomic E-state index is 13.4. The molecule has 1 saturated carbocycles. The van der Waals surface area contributed by atoms with Gasteiger partial charge in [-0.2, -0.15) is 5.26 Å². The molecule has 3 aromatic rings. The zero-order valence-corrected chi connectivity index (χ0v) is 21.1. The van der Waals surface area contributed by atoms with Crippen LogP contribution >= 0.6 is 23.2 Å². The van der Waals surface area contributed by atoms with Crippen molar-refractivity contribution in [3.8, 4) is 11.8 Å². The molecule has 8 nitrogen and oxygen atoms in total. The molecule has 0 spiro atoms. The highest BCUT2D eigenvalue weighted by molar-refractivity contribution is 6.32. The van der Waals surface area contributed by atoms with Crippen LogP contribution in [0.5, 0.6) is 5.75 Å². The first kappa shape index (κ1) is 24.9. The van der Waals surface area contributed by atoms with E-state index >= 15 is 0 Å². The third kappa shape index (κ3) is 5.19. The van der Waals surface area contributed by atoms with Gasteiger partial charge in [-0.15, -0.1) is 0 Å². The van der Waals surface area contributed by atoms with Gasteiger partial charge >= 0.3 is 0 Å². The summed E-state index contributed by atoms with van der Waals surface area (Å²) < 4.78 is 7.22. The van der Waals surface area contributed by atoms with Crippen LogP contribution in [0, 0.1) is 11.3 Å². The van der Waals surface area contributed by atoms with Gasteiger partial charge in [0.1, 0.15) is 29.5 Å². The molecule has 1 atom stereocenters. The minimum absolute atomic E-state index is 0.0899. The summed E-state index contributed by atoms with van der Waals surface area (Å²) in [7, 11) is 0. The fraction of sp³-hybridized carbons (Fsp3) is 0.259. The largest absolute Gasteiger partial charge is 0.488 e. The van der Waals surface area contributed by atoms with Crippen LogP contribution in [-0.4, -0.2) is 34.6 Å². The molecule has 1 aliphatic carbocycles. The fourth-order valence-electron chi connectivity index (χ4n) is 4.27. The summed E-state index contributed by atoms with van der Waals surface area (Å²) in [5.74, 6) is -0.755. The van der Waals surface area contributed by atoms with E-state index in [2.05, 4.69) is 16.7 Å². The molecule has 2 aromatic carbocycles. The smallest absolute Gasteiger partial charge is 0.264 e. The number of hydrogen-bond acceptors (Lipinski definition) is 5. The highest BCUT2D eigenvalue weighted by Crippen LogP contribution is 2.34. The second kappa shape index (κ2) is 9.92. The lowest BCUT2D eigenvalue weighted by Crippen LogP contribution is -2.52. The molecule has 1 fully saturated rings. The molecule has 3 aliphatic rings. The SMILES string of the molecule is N#CC1(NC(=O)[C@@H]2Cc3ccc(c(Cl)c3)OC/C=C/Cn3c(=O)c(cc4cc(Cl)ccc43)C(=O)N2)CC1. The number of carbonyl (C=O) groups excluding carboxylic acids is 2. The first-order valence-corrected chi connectivity index (χ1v) is 12.5. The standard InChI is InChI=1S/C27H22Cl2N4O4/c28-18-4-5-22-17(13-18)14-19-24(34)31-21(25(35)32-27(15-30)7-8-27)12-16-3-6-23(20(29)11-16)37-10-2-1-9-33(22)26(19)36/h1-6,11,13-14,21H,7-10,12H2,(H,31,34)(H,32,35)/b2-1+/t21-/m0/s1. The van der Waals surface area contributed by atoms with Crippen molar-refractivity contribution in [1.29, 1.82) is 5.26 Å². The van der Waals surface area contributed by atoms with E-state index in [1.54, 1.807) is 48.6 Å². The van der Waals surface area contributed by atoms with E-state index < -0.39 is 29.0 Å². The molecule has 4 bridgehead atoms. The number of amides is 2. The van der Waals surface area contributed by atoms with Crippen molar-refractivity contribution in [2.45, 2.75) is 37.4 Å². The molecule has 0 saturated heterocycles. The van der Waals surface area contributed by atoms with Gasteiger partial charge in [0.2, 0.25) is 5.91 Å². The second-order valence-electron chi connectivity index (χ2n) is 9.14. The quantitative estimate of drug-likeness (QED) is 0.484. The van der Waals surface area contributed by atoms with Gasteiger partial charge in [-0.05, 0) is 60.9 Å². The maximum atomic E-state index is 13.4. The molecule has 2 amide bonds. The van der Waals surface area contributed by atoms with Crippen LogP contribution in [0.25, 0.3) is 10.9 Å². The maximum Gasteiger partial charge on any atom is 0.264 e. The number of halogens is 2. The zero-order chi connectivity index (χ0) is 26.2. The topological polar surface area (TPSA) is 113 Å². The number of benzene rings is 2. The minimum atomic E-state index is -1.06. The monoisotopic (exact) mass is 536 g/mol. The number of fused-ring (bicyclic) bond motifs is 9. The Morgan fingerprint density at radius 3 is 2.68 bits per heavy atom. The normalized spacial score (nSPS) is 19.4. The van der Waals surface area contributed by atoms with Gasteiger partial charge in [-0.1, -0.05) is 35.3 Å². The van der Waals surface area contributed by atoms with E-state index in [1.807, 2.05) is 0 Å². The second-order valence-corrected chi connectivity index (χ2v) is 9.98. The third-order valence-corrected chi connectivity index (χ3v) is 7.01. The Kier molecular flexibility index (Phi) is 6.67. The molecule has 10 heteroatoms.